The third-order valence-electron chi connectivity index (χ3n) is 2.71. The van der Waals surface area contributed by atoms with Crippen LogP contribution in [-0.4, -0.2) is 37.5 Å². The summed E-state index contributed by atoms with van der Waals surface area (Å²) in [6.45, 7) is 0. The second-order valence-electron chi connectivity index (χ2n) is 4.13. The van der Waals surface area contributed by atoms with Crippen molar-refractivity contribution < 1.29 is 18.3 Å². The summed E-state index contributed by atoms with van der Waals surface area (Å²) in [6, 6.07) is -0.0920. The van der Waals surface area contributed by atoms with Gasteiger partial charge in [-0.25, -0.2) is 8.42 Å². The molecule has 1 saturated carbocycles. The lowest BCUT2D eigenvalue weighted by molar-refractivity contribution is -0.155. The zero-order valence-electron chi connectivity index (χ0n) is 8.06. The van der Waals surface area contributed by atoms with Gasteiger partial charge in [0.05, 0.1) is 11.2 Å². The predicted molar refractivity (Wildman–Crippen MR) is 51.6 cm³/mol. The van der Waals surface area contributed by atoms with Crippen LogP contribution in [0.2, 0.25) is 0 Å². The van der Waals surface area contributed by atoms with Gasteiger partial charge >= 0.3 is 5.97 Å². The minimum Gasteiger partial charge on any atom is -0.481 e. The molecule has 0 bridgehead atoms. The molecule has 3 N–H and O–H groups in total. The van der Waals surface area contributed by atoms with Crippen LogP contribution in [0.3, 0.4) is 0 Å². The number of carboxylic acid groups (broad SMARTS) is 1. The second kappa shape index (κ2) is 3.51. The Labute approximate surface area is 83.2 Å². The van der Waals surface area contributed by atoms with Gasteiger partial charge in [0.25, 0.3) is 0 Å². The van der Waals surface area contributed by atoms with E-state index < -0.39 is 21.2 Å². The predicted octanol–water partition coefficient (Wildman–Crippen LogP) is -0.387. The fraction of sp³-hybridized carbons (Fsp3) is 0.875. The largest absolute Gasteiger partial charge is 0.481 e. The van der Waals surface area contributed by atoms with Crippen LogP contribution in [0.4, 0.5) is 0 Å². The quantitative estimate of drug-likeness (QED) is 0.674. The zero-order valence-corrected chi connectivity index (χ0v) is 8.88. The Bertz CT molecular complexity index is 329. The van der Waals surface area contributed by atoms with Gasteiger partial charge in [-0.05, 0) is 19.3 Å². The molecule has 0 aliphatic heterocycles. The molecule has 0 atom stereocenters. The van der Waals surface area contributed by atoms with Gasteiger partial charge in [-0.2, -0.15) is 0 Å². The lowest BCUT2D eigenvalue weighted by Crippen LogP contribution is -2.51. The van der Waals surface area contributed by atoms with Crippen molar-refractivity contribution in [1.29, 1.82) is 0 Å². The molecule has 82 valence electrons. The van der Waals surface area contributed by atoms with E-state index in [0.29, 0.717) is 12.8 Å². The average Bonchev–Trinajstić information content (AvgIpc) is 1.93. The summed E-state index contributed by atoms with van der Waals surface area (Å²) in [5.74, 6) is -1.01. The number of aliphatic carboxylic acids is 1. The number of rotatable bonds is 4. The Hall–Kier alpha value is -0.620. The highest BCUT2D eigenvalue weighted by Gasteiger charge is 2.48. The van der Waals surface area contributed by atoms with Crippen molar-refractivity contribution in [3.63, 3.8) is 0 Å². The third kappa shape index (κ3) is 2.45. The van der Waals surface area contributed by atoms with E-state index in [1.54, 1.807) is 0 Å². The molecule has 6 heteroatoms. The Balaban J connectivity index is 2.60. The van der Waals surface area contributed by atoms with Gasteiger partial charge in [0.15, 0.2) is 0 Å². The Morgan fingerprint density at radius 2 is 2.07 bits per heavy atom. The highest BCUT2D eigenvalue weighted by atomic mass is 32.2. The SMILES string of the molecule is CS(=O)(=O)CCC1(C(=O)O)CC(N)C1. The maximum absolute atomic E-state index is 10.9. The van der Waals surface area contributed by atoms with Gasteiger partial charge in [-0.1, -0.05) is 0 Å². The maximum atomic E-state index is 10.9. The first-order valence-electron chi connectivity index (χ1n) is 4.42. The average molecular weight is 221 g/mol. The monoisotopic (exact) mass is 221 g/mol. The summed E-state index contributed by atoms with van der Waals surface area (Å²) in [7, 11) is -3.09. The second-order valence-corrected chi connectivity index (χ2v) is 6.39. The lowest BCUT2D eigenvalue weighted by atomic mass is 9.64. The van der Waals surface area contributed by atoms with Crippen molar-refractivity contribution in [2.24, 2.45) is 11.1 Å². The standard InChI is InChI=1S/C8H15NO4S/c1-14(12,13)3-2-8(7(10)11)4-6(9)5-8/h6H,2-5,9H2,1H3,(H,10,11). The molecule has 1 rings (SSSR count). The summed E-state index contributed by atoms with van der Waals surface area (Å²) in [5, 5.41) is 8.95. The molecular weight excluding hydrogens is 206 g/mol. The highest BCUT2D eigenvalue weighted by molar-refractivity contribution is 7.90. The topological polar surface area (TPSA) is 97.5 Å². The van der Waals surface area contributed by atoms with E-state index in [0.717, 1.165) is 6.26 Å². The molecule has 0 unspecified atom stereocenters. The summed E-state index contributed by atoms with van der Waals surface area (Å²) in [4.78, 5) is 10.9. The first kappa shape index (κ1) is 11.5. The molecule has 0 aromatic rings. The van der Waals surface area contributed by atoms with Crippen molar-refractivity contribution in [1.82, 2.24) is 0 Å². The van der Waals surface area contributed by atoms with E-state index in [1.807, 2.05) is 0 Å². The molecule has 0 saturated heterocycles. The Morgan fingerprint density at radius 3 is 2.36 bits per heavy atom. The van der Waals surface area contributed by atoms with Gasteiger partial charge < -0.3 is 10.8 Å². The van der Waals surface area contributed by atoms with Gasteiger partial charge in [0, 0.05) is 12.3 Å². The molecule has 1 fully saturated rings. The van der Waals surface area contributed by atoms with Crippen LogP contribution < -0.4 is 5.73 Å². The Kier molecular flexibility index (Phi) is 2.87. The number of hydrogen-bond donors (Lipinski definition) is 2. The van der Waals surface area contributed by atoms with Crippen LogP contribution in [0.25, 0.3) is 0 Å². The van der Waals surface area contributed by atoms with Crippen LogP contribution in [0.1, 0.15) is 19.3 Å². The van der Waals surface area contributed by atoms with E-state index in [-0.39, 0.29) is 18.2 Å². The van der Waals surface area contributed by atoms with Gasteiger partial charge in [0.1, 0.15) is 9.84 Å². The lowest BCUT2D eigenvalue weighted by Gasteiger charge is -2.42. The number of nitrogens with two attached hydrogens (primary N) is 1. The van der Waals surface area contributed by atoms with Gasteiger partial charge in [-0.15, -0.1) is 0 Å². The van der Waals surface area contributed by atoms with Crippen LogP contribution in [0.15, 0.2) is 0 Å². The van der Waals surface area contributed by atoms with E-state index >= 15 is 0 Å². The summed E-state index contributed by atoms with van der Waals surface area (Å²) >= 11 is 0. The summed E-state index contributed by atoms with van der Waals surface area (Å²) < 4.78 is 21.8. The van der Waals surface area contributed by atoms with Crippen molar-refractivity contribution in [2.45, 2.75) is 25.3 Å². The fourth-order valence-corrected chi connectivity index (χ4v) is 2.57. The summed E-state index contributed by atoms with van der Waals surface area (Å²) in [6.07, 6.45) is 2.06. The number of carbonyl (C=O) groups is 1. The van der Waals surface area contributed by atoms with Crippen molar-refractivity contribution in [3.05, 3.63) is 0 Å². The minimum absolute atomic E-state index is 0.0774. The van der Waals surface area contributed by atoms with E-state index in [2.05, 4.69) is 0 Å². The Morgan fingerprint density at radius 1 is 1.57 bits per heavy atom. The third-order valence-corrected chi connectivity index (χ3v) is 3.66. The maximum Gasteiger partial charge on any atom is 0.309 e. The van der Waals surface area contributed by atoms with Gasteiger partial charge in [0.2, 0.25) is 0 Å². The molecule has 14 heavy (non-hydrogen) atoms. The van der Waals surface area contributed by atoms with Crippen molar-refractivity contribution in [3.8, 4) is 0 Å². The van der Waals surface area contributed by atoms with Crippen LogP contribution in [0, 0.1) is 5.41 Å². The first-order valence-corrected chi connectivity index (χ1v) is 6.48. The van der Waals surface area contributed by atoms with E-state index in [1.165, 1.54) is 0 Å². The number of hydrogen-bond acceptors (Lipinski definition) is 4. The molecule has 0 spiro atoms. The highest BCUT2D eigenvalue weighted by Crippen LogP contribution is 2.43. The molecular formula is C8H15NO4S. The van der Waals surface area contributed by atoms with Crippen molar-refractivity contribution in [2.75, 3.05) is 12.0 Å². The van der Waals surface area contributed by atoms with Crippen LogP contribution >= 0.6 is 0 Å². The van der Waals surface area contributed by atoms with Crippen LogP contribution in [-0.2, 0) is 14.6 Å². The molecule has 0 aromatic carbocycles. The zero-order chi connectivity index (χ0) is 11.0. The molecule has 0 amide bonds. The van der Waals surface area contributed by atoms with E-state index in [4.69, 9.17) is 10.8 Å². The molecule has 0 radical (unpaired) electrons. The normalized spacial score (nSPS) is 32.3. The number of carboxylic acids is 1. The van der Waals surface area contributed by atoms with E-state index in [9.17, 15) is 13.2 Å². The van der Waals surface area contributed by atoms with Crippen molar-refractivity contribution >= 4 is 15.8 Å². The van der Waals surface area contributed by atoms with Gasteiger partial charge in [-0.3, -0.25) is 4.79 Å². The molecule has 0 heterocycles. The minimum atomic E-state index is -3.09. The molecule has 1 aliphatic carbocycles. The van der Waals surface area contributed by atoms with Crippen LogP contribution in [0.5, 0.6) is 0 Å². The summed E-state index contributed by atoms with van der Waals surface area (Å²) in [5.41, 5.74) is 4.63. The first-order chi connectivity index (χ1) is 6.25. The molecule has 0 aromatic heterocycles. The molecule has 1 aliphatic rings. The number of sulfone groups is 1. The smallest absolute Gasteiger partial charge is 0.309 e. The fourth-order valence-electron chi connectivity index (χ4n) is 1.81. The molecule has 5 nitrogen and oxygen atoms in total.